The van der Waals surface area contributed by atoms with Crippen LogP contribution >= 0.6 is 0 Å². The molecule has 0 saturated carbocycles. The van der Waals surface area contributed by atoms with Crippen LogP contribution in [-0.2, 0) is 30.2 Å². The van der Waals surface area contributed by atoms with Gasteiger partial charge in [-0.1, -0.05) is 52.4 Å². The van der Waals surface area contributed by atoms with Crippen molar-refractivity contribution >= 4 is 0 Å². The summed E-state index contributed by atoms with van der Waals surface area (Å²) in [7, 11) is 0. The maximum absolute atomic E-state index is 2.24. The van der Waals surface area contributed by atoms with E-state index < -0.39 is 0 Å². The van der Waals surface area contributed by atoms with Crippen molar-refractivity contribution in [2.75, 3.05) is 0 Å². The maximum Gasteiger partial charge on any atom is 4.00 e. The number of hydrogen-bond donors (Lipinski definition) is 0. The van der Waals surface area contributed by atoms with Crippen LogP contribution in [0.1, 0.15) is 38.8 Å². The normalized spacial score (nSPS) is 9.05. The van der Waals surface area contributed by atoms with Gasteiger partial charge in [0.2, 0.25) is 0 Å². The number of hydrogen-bond acceptors (Lipinski definition) is 0. The minimum absolute atomic E-state index is 0. The van der Waals surface area contributed by atoms with Gasteiger partial charge in [-0.3, -0.25) is 0 Å². The van der Waals surface area contributed by atoms with Gasteiger partial charge in [-0.25, -0.2) is 24.3 Å². The van der Waals surface area contributed by atoms with Crippen LogP contribution in [0.2, 0.25) is 0 Å². The van der Waals surface area contributed by atoms with Gasteiger partial charge in [0.1, 0.15) is 0 Å². The van der Waals surface area contributed by atoms with Gasteiger partial charge in [-0.15, -0.1) is 0 Å². The average Bonchev–Trinajstić information content (AvgIpc) is 2.90. The number of halogens is 2. The van der Waals surface area contributed by atoms with E-state index in [-0.39, 0.29) is 26.8 Å². The Balaban J connectivity index is -0.000000270. The molecule has 3 heteroatoms. The quantitative estimate of drug-likeness (QED) is 0.644. The summed E-state index contributed by atoms with van der Waals surface area (Å²) in [6.45, 7) is 8.97. The van der Waals surface area contributed by atoms with E-state index in [0.29, 0.717) is 0 Å². The van der Waals surface area contributed by atoms with Crippen molar-refractivity contribution in [3.8, 4) is 0 Å². The standard InChI is InChI=1S/2C9H13.Cr.2FH/c2*1-8(2)7-9-5-3-4-6-9;;;/h2*3-6,8H,7H2,1-2H3;;2*1H/q2*-1;+4;;/p-2. The average molecular weight is 332 g/mol. The van der Waals surface area contributed by atoms with Crippen molar-refractivity contribution in [3.63, 3.8) is 0 Å². The molecule has 21 heavy (non-hydrogen) atoms. The van der Waals surface area contributed by atoms with E-state index >= 15 is 0 Å². The fourth-order valence-electron chi connectivity index (χ4n) is 2.04. The largest absolute Gasteiger partial charge is 4.00 e. The third-order valence-corrected chi connectivity index (χ3v) is 2.75. The summed E-state index contributed by atoms with van der Waals surface area (Å²) in [6.07, 6.45) is 2.43. The van der Waals surface area contributed by atoms with Gasteiger partial charge in [0.05, 0.1) is 0 Å². The third-order valence-electron chi connectivity index (χ3n) is 2.75. The fourth-order valence-corrected chi connectivity index (χ4v) is 2.04. The Morgan fingerprint density at radius 3 is 1.05 bits per heavy atom. The van der Waals surface area contributed by atoms with Crippen molar-refractivity contribution in [2.45, 2.75) is 40.5 Å². The second-order valence-corrected chi connectivity index (χ2v) is 5.78. The first-order valence-corrected chi connectivity index (χ1v) is 6.99. The molecule has 0 heterocycles. The van der Waals surface area contributed by atoms with Crippen LogP contribution in [0.15, 0.2) is 48.5 Å². The Kier molecular flexibility index (Phi) is 16.8. The van der Waals surface area contributed by atoms with E-state index in [9.17, 15) is 0 Å². The van der Waals surface area contributed by atoms with Gasteiger partial charge in [-0.05, 0) is 0 Å². The summed E-state index contributed by atoms with van der Waals surface area (Å²) in [4.78, 5) is 0. The molecular formula is C18H26CrF2. The van der Waals surface area contributed by atoms with E-state index in [0.717, 1.165) is 11.8 Å². The van der Waals surface area contributed by atoms with Crippen molar-refractivity contribution in [2.24, 2.45) is 11.8 Å². The molecule has 0 radical (unpaired) electrons. The molecule has 0 aliphatic rings. The molecule has 2 aromatic rings. The van der Waals surface area contributed by atoms with Crippen molar-refractivity contribution in [1.82, 2.24) is 0 Å². The molecule has 0 aliphatic carbocycles. The molecular weight excluding hydrogens is 306 g/mol. The zero-order valence-electron chi connectivity index (χ0n) is 13.4. The second kappa shape index (κ2) is 14.0. The van der Waals surface area contributed by atoms with E-state index in [1.807, 2.05) is 0 Å². The molecule has 0 nitrogen and oxygen atoms in total. The fraction of sp³-hybridized carbons (Fsp3) is 0.444. The first-order valence-electron chi connectivity index (χ1n) is 6.99. The second-order valence-electron chi connectivity index (χ2n) is 5.78. The molecule has 2 rings (SSSR count). The Labute approximate surface area is 139 Å². The van der Waals surface area contributed by atoms with Gasteiger partial charge >= 0.3 is 17.4 Å². The summed E-state index contributed by atoms with van der Waals surface area (Å²) < 4.78 is 0. The van der Waals surface area contributed by atoms with Gasteiger partial charge < -0.3 is 9.41 Å². The topological polar surface area (TPSA) is 0 Å². The van der Waals surface area contributed by atoms with Crippen molar-refractivity contribution in [3.05, 3.63) is 59.7 Å². The van der Waals surface area contributed by atoms with E-state index in [4.69, 9.17) is 0 Å². The van der Waals surface area contributed by atoms with E-state index in [2.05, 4.69) is 76.2 Å². The Hall–Kier alpha value is -0.908. The predicted octanol–water partition coefficient (Wildman–Crippen LogP) is -0.786. The zero-order valence-corrected chi connectivity index (χ0v) is 14.6. The SMILES string of the molecule is CC(C)C[c-]1cccc1.CC(C)C[c-]1cccc1.[Cr+4].[F-].[F-]. The first kappa shape index (κ1) is 25.1. The molecule has 0 unspecified atom stereocenters. The summed E-state index contributed by atoms with van der Waals surface area (Å²) in [6, 6.07) is 17.1. The molecule has 0 aromatic heterocycles. The molecule has 0 fully saturated rings. The molecule has 0 aliphatic heterocycles. The van der Waals surface area contributed by atoms with Crippen LogP contribution in [0.4, 0.5) is 0 Å². The monoisotopic (exact) mass is 332 g/mol. The molecule has 0 atom stereocenters. The van der Waals surface area contributed by atoms with Gasteiger partial charge in [0, 0.05) is 0 Å². The van der Waals surface area contributed by atoms with Gasteiger partial charge in [0.15, 0.2) is 0 Å². The van der Waals surface area contributed by atoms with Crippen molar-refractivity contribution < 1.29 is 26.8 Å². The smallest absolute Gasteiger partial charge is 1.00 e. The summed E-state index contributed by atoms with van der Waals surface area (Å²) in [5.41, 5.74) is 2.93. The van der Waals surface area contributed by atoms with E-state index in [1.54, 1.807) is 0 Å². The molecule has 118 valence electrons. The minimum atomic E-state index is 0. The van der Waals surface area contributed by atoms with Gasteiger partial charge in [-0.2, -0.15) is 35.4 Å². The van der Waals surface area contributed by atoms with Crippen LogP contribution in [0.5, 0.6) is 0 Å². The predicted molar refractivity (Wildman–Crippen MR) is 81.2 cm³/mol. The summed E-state index contributed by atoms with van der Waals surface area (Å²) >= 11 is 0. The van der Waals surface area contributed by atoms with Crippen molar-refractivity contribution in [1.29, 1.82) is 0 Å². The number of rotatable bonds is 4. The minimum Gasteiger partial charge on any atom is -1.00 e. The summed E-state index contributed by atoms with van der Waals surface area (Å²) in [5.74, 6) is 1.57. The van der Waals surface area contributed by atoms with Crippen LogP contribution in [0, 0.1) is 11.8 Å². The molecule has 0 saturated heterocycles. The van der Waals surface area contributed by atoms with Crippen LogP contribution < -0.4 is 9.41 Å². The Morgan fingerprint density at radius 2 is 0.857 bits per heavy atom. The van der Waals surface area contributed by atoms with Crippen LogP contribution in [0.3, 0.4) is 0 Å². The Morgan fingerprint density at radius 1 is 0.619 bits per heavy atom. The molecule has 0 spiro atoms. The Bertz CT molecular complexity index is 349. The van der Waals surface area contributed by atoms with E-state index in [1.165, 1.54) is 24.0 Å². The molecule has 0 bridgehead atoms. The first-order chi connectivity index (χ1) is 8.58. The molecule has 0 N–H and O–H groups in total. The zero-order chi connectivity index (χ0) is 13.4. The van der Waals surface area contributed by atoms with Crippen LogP contribution in [-0.4, -0.2) is 0 Å². The van der Waals surface area contributed by atoms with Gasteiger partial charge in [0.25, 0.3) is 0 Å². The van der Waals surface area contributed by atoms with Crippen LogP contribution in [0.25, 0.3) is 0 Å². The summed E-state index contributed by atoms with van der Waals surface area (Å²) in [5, 5.41) is 0. The maximum atomic E-state index is 2.24. The third kappa shape index (κ3) is 12.5. The molecule has 0 amide bonds. The molecule has 2 aromatic carbocycles.